The van der Waals surface area contributed by atoms with E-state index in [-0.39, 0.29) is 5.91 Å². The Morgan fingerprint density at radius 3 is 2.53 bits per heavy atom. The number of hydrazone groups is 1. The minimum Gasteiger partial charge on any atom is -0.497 e. The Balaban J connectivity index is 1.62. The van der Waals surface area contributed by atoms with Crippen molar-refractivity contribution in [1.29, 1.82) is 0 Å². The van der Waals surface area contributed by atoms with E-state index in [0.717, 1.165) is 11.1 Å². The number of hydrogen-bond donors (Lipinski definition) is 1. The molecule has 0 aromatic heterocycles. The predicted octanol–water partition coefficient (Wildman–Crippen LogP) is 4.70. The molecule has 3 aromatic rings. The zero-order valence-electron chi connectivity index (χ0n) is 16.6. The van der Waals surface area contributed by atoms with Crippen LogP contribution in [0.15, 0.2) is 71.8 Å². The number of rotatable bonds is 8. The maximum absolute atomic E-state index is 12.2. The monoisotopic (exact) mass is 424 g/mol. The van der Waals surface area contributed by atoms with Crippen molar-refractivity contribution in [1.82, 2.24) is 5.43 Å². The van der Waals surface area contributed by atoms with E-state index in [0.29, 0.717) is 34.4 Å². The smallest absolute Gasteiger partial charge is 0.271 e. The Bertz CT molecular complexity index is 1040. The second-order valence-corrected chi connectivity index (χ2v) is 6.69. The first-order chi connectivity index (χ1) is 14.6. The van der Waals surface area contributed by atoms with E-state index in [1.54, 1.807) is 50.6 Å². The van der Waals surface area contributed by atoms with Gasteiger partial charge in [-0.05, 0) is 59.7 Å². The van der Waals surface area contributed by atoms with E-state index in [1.807, 2.05) is 30.3 Å². The standard InChI is InChI=1S/C23H21ClN2O4/c1-28-20-5-3-4-18(13-20)23(27)26-25-14-17-8-11-21(22(12-17)29-2)30-15-16-6-9-19(24)10-7-16/h3-14H,15H2,1-2H3,(H,26,27)/b25-14-. The second kappa shape index (κ2) is 10.3. The number of hydrogen-bond acceptors (Lipinski definition) is 5. The van der Waals surface area contributed by atoms with Crippen LogP contribution in [-0.2, 0) is 6.61 Å². The van der Waals surface area contributed by atoms with E-state index < -0.39 is 0 Å². The molecule has 1 N–H and O–H groups in total. The molecule has 0 saturated carbocycles. The summed E-state index contributed by atoms with van der Waals surface area (Å²) in [6.07, 6.45) is 1.53. The normalized spacial score (nSPS) is 10.6. The van der Waals surface area contributed by atoms with Gasteiger partial charge < -0.3 is 14.2 Å². The summed E-state index contributed by atoms with van der Waals surface area (Å²) in [6, 6.07) is 19.7. The van der Waals surface area contributed by atoms with Crippen LogP contribution in [0.2, 0.25) is 5.02 Å². The average molecular weight is 425 g/mol. The number of ether oxygens (including phenoxy) is 3. The first-order valence-electron chi connectivity index (χ1n) is 9.12. The van der Waals surface area contributed by atoms with Crippen molar-refractivity contribution >= 4 is 23.7 Å². The Morgan fingerprint density at radius 2 is 1.80 bits per heavy atom. The van der Waals surface area contributed by atoms with Crippen molar-refractivity contribution in [2.45, 2.75) is 6.61 Å². The zero-order valence-corrected chi connectivity index (χ0v) is 17.3. The van der Waals surface area contributed by atoms with Crippen LogP contribution in [0.5, 0.6) is 17.2 Å². The third-order valence-corrected chi connectivity index (χ3v) is 4.46. The number of amides is 1. The van der Waals surface area contributed by atoms with Crippen LogP contribution in [-0.4, -0.2) is 26.3 Å². The maximum atomic E-state index is 12.2. The quantitative estimate of drug-likeness (QED) is 0.420. The summed E-state index contributed by atoms with van der Waals surface area (Å²) in [5, 5.41) is 4.69. The molecule has 0 bridgehead atoms. The summed E-state index contributed by atoms with van der Waals surface area (Å²) in [5.41, 5.74) is 4.69. The lowest BCUT2D eigenvalue weighted by Crippen LogP contribution is -2.17. The number of benzene rings is 3. The molecule has 0 fully saturated rings. The molecule has 0 aliphatic carbocycles. The van der Waals surface area contributed by atoms with E-state index in [2.05, 4.69) is 10.5 Å². The van der Waals surface area contributed by atoms with Crippen molar-refractivity contribution in [2.24, 2.45) is 5.10 Å². The minimum atomic E-state index is -0.333. The molecule has 7 heteroatoms. The highest BCUT2D eigenvalue weighted by molar-refractivity contribution is 6.30. The molecular weight excluding hydrogens is 404 g/mol. The van der Waals surface area contributed by atoms with Gasteiger partial charge in [-0.15, -0.1) is 0 Å². The summed E-state index contributed by atoms with van der Waals surface area (Å²) in [7, 11) is 3.11. The molecule has 0 spiro atoms. The van der Waals surface area contributed by atoms with Crippen LogP contribution < -0.4 is 19.6 Å². The zero-order chi connectivity index (χ0) is 21.3. The van der Waals surface area contributed by atoms with Gasteiger partial charge in [0.1, 0.15) is 12.4 Å². The fraction of sp³-hybridized carbons (Fsp3) is 0.130. The summed E-state index contributed by atoms with van der Waals surface area (Å²) in [4.78, 5) is 12.2. The Labute approximate surface area is 180 Å². The molecule has 30 heavy (non-hydrogen) atoms. The number of carbonyl (C=O) groups is 1. The molecule has 0 aliphatic rings. The highest BCUT2D eigenvalue weighted by atomic mass is 35.5. The van der Waals surface area contributed by atoms with Crippen LogP contribution in [0, 0.1) is 0 Å². The lowest BCUT2D eigenvalue weighted by Gasteiger charge is -2.11. The summed E-state index contributed by atoms with van der Waals surface area (Å²) in [5.74, 6) is 1.43. The predicted molar refractivity (Wildman–Crippen MR) is 117 cm³/mol. The lowest BCUT2D eigenvalue weighted by atomic mass is 10.2. The van der Waals surface area contributed by atoms with Crippen LogP contribution in [0.25, 0.3) is 0 Å². The van der Waals surface area contributed by atoms with Crippen LogP contribution >= 0.6 is 11.6 Å². The SMILES string of the molecule is COc1cccc(C(=O)N/N=C\c2ccc(OCc3ccc(Cl)cc3)c(OC)c2)c1. The molecule has 0 radical (unpaired) electrons. The summed E-state index contributed by atoms with van der Waals surface area (Å²) < 4.78 is 16.4. The number of carbonyl (C=O) groups excluding carboxylic acids is 1. The first kappa shape index (κ1) is 21.2. The second-order valence-electron chi connectivity index (χ2n) is 6.26. The molecule has 0 atom stereocenters. The van der Waals surface area contributed by atoms with Gasteiger partial charge in [0, 0.05) is 10.6 Å². The number of halogens is 1. The van der Waals surface area contributed by atoms with Gasteiger partial charge in [-0.3, -0.25) is 4.79 Å². The van der Waals surface area contributed by atoms with Crippen molar-refractivity contribution in [2.75, 3.05) is 14.2 Å². The van der Waals surface area contributed by atoms with Crippen LogP contribution in [0.3, 0.4) is 0 Å². The highest BCUT2D eigenvalue weighted by Crippen LogP contribution is 2.28. The molecule has 0 saturated heterocycles. The molecular formula is C23H21ClN2O4. The Morgan fingerprint density at radius 1 is 1.00 bits per heavy atom. The van der Waals surface area contributed by atoms with Crippen molar-refractivity contribution in [3.63, 3.8) is 0 Å². The Hall–Kier alpha value is -3.51. The van der Waals surface area contributed by atoms with Gasteiger partial charge in [-0.2, -0.15) is 5.10 Å². The van der Waals surface area contributed by atoms with Crippen LogP contribution in [0.4, 0.5) is 0 Å². The molecule has 1 amide bonds. The highest BCUT2D eigenvalue weighted by Gasteiger charge is 2.07. The van der Waals surface area contributed by atoms with E-state index >= 15 is 0 Å². The molecule has 0 unspecified atom stereocenters. The van der Waals surface area contributed by atoms with E-state index in [4.69, 9.17) is 25.8 Å². The summed E-state index contributed by atoms with van der Waals surface area (Å²) in [6.45, 7) is 0.386. The third-order valence-electron chi connectivity index (χ3n) is 4.21. The number of nitrogens with zero attached hydrogens (tertiary/aromatic N) is 1. The van der Waals surface area contributed by atoms with Crippen molar-refractivity contribution in [3.05, 3.63) is 88.4 Å². The number of nitrogens with one attached hydrogen (secondary N) is 1. The molecule has 6 nitrogen and oxygen atoms in total. The topological polar surface area (TPSA) is 69.2 Å². The minimum absolute atomic E-state index is 0.333. The van der Waals surface area contributed by atoms with Gasteiger partial charge in [-0.25, -0.2) is 5.43 Å². The fourth-order valence-electron chi connectivity index (χ4n) is 2.62. The maximum Gasteiger partial charge on any atom is 0.271 e. The van der Waals surface area contributed by atoms with Gasteiger partial charge in [0.25, 0.3) is 5.91 Å². The lowest BCUT2D eigenvalue weighted by molar-refractivity contribution is 0.0955. The first-order valence-corrected chi connectivity index (χ1v) is 9.49. The van der Waals surface area contributed by atoms with Crippen molar-refractivity contribution < 1.29 is 19.0 Å². The molecule has 154 valence electrons. The molecule has 0 aliphatic heterocycles. The summed E-state index contributed by atoms with van der Waals surface area (Å²) >= 11 is 5.90. The van der Waals surface area contributed by atoms with E-state index in [9.17, 15) is 4.79 Å². The van der Waals surface area contributed by atoms with E-state index in [1.165, 1.54) is 6.21 Å². The molecule has 0 heterocycles. The number of methoxy groups -OCH3 is 2. The third kappa shape index (κ3) is 5.75. The van der Waals surface area contributed by atoms with Gasteiger partial charge in [0.05, 0.1) is 20.4 Å². The van der Waals surface area contributed by atoms with Gasteiger partial charge in [-0.1, -0.05) is 29.8 Å². The fourth-order valence-corrected chi connectivity index (χ4v) is 2.75. The van der Waals surface area contributed by atoms with Crippen molar-refractivity contribution in [3.8, 4) is 17.2 Å². The van der Waals surface area contributed by atoms with Gasteiger partial charge in [0.15, 0.2) is 11.5 Å². The van der Waals surface area contributed by atoms with Crippen LogP contribution in [0.1, 0.15) is 21.5 Å². The molecule has 3 aromatic carbocycles. The van der Waals surface area contributed by atoms with Gasteiger partial charge >= 0.3 is 0 Å². The average Bonchev–Trinajstić information content (AvgIpc) is 2.79. The Kier molecular flexibility index (Phi) is 7.29. The molecule has 3 rings (SSSR count). The van der Waals surface area contributed by atoms with Gasteiger partial charge in [0.2, 0.25) is 0 Å². The largest absolute Gasteiger partial charge is 0.497 e.